The molecule has 7 heteroatoms. The average Bonchev–Trinajstić information content (AvgIpc) is 2.84. The summed E-state index contributed by atoms with van der Waals surface area (Å²) in [4.78, 5) is 15.5. The zero-order chi connectivity index (χ0) is 16.6. The second kappa shape index (κ2) is 5.68. The topological polar surface area (TPSA) is 38.7 Å². The first kappa shape index (κ1) is 15.0. The van der Waals surface area contributed by atoms with Gasteiger partial charge in [-0.25, -0.2) is 27.3 Å². The summed E-state index contributed by atoms with van der Waals surface area (Å²) in [5.74, 6) is -5.05. The average molecular weight is 321 g/mol. The largest absolute Gasteiger partial charge is 0.402 e. The monoisotopic (exact) mass is 321 g/mol. The van der Waals surface area contributed by atoms with Crippen molar-refractivity contribution < 1.29 is 27.1 Å². The van der Waals surface area contributed by atoms with E-state index in [0.29, 0.717) is 6.07 Å². The van der Waals surface area contributed by atoms with E-state index in [0.717, 1.165) is 24.3 Å². The first-order valence-electron chi connectivity index (χ1n) is 6.37. The van der Waals surface area contributed by atoms with Crippen LogP contribution in [0.5, 0.6) is 0 Å². The lowest BCUT2D eigenvalue weighted by Crippen LogP contribution is -2.07. The lowest BCUT2D eigenvalue weighted by Gasteiger charge is -2.00. The molecule has 1 aliphatic heterocycles. The minimum Gasteiger partial charge on any atom is -0.402 e. The fraction of sp³-hybridized carbons (Fsp3) is 0. The number of rotatable bonds is 2. The molecule has 1 heterocycles. The van der Waals surface area contributed by atoms with Crippen LogP contribution in [0.4, 0.5) is 17.6 Å². The molecular formula is C16H7F4NO2. The number of aliphatic imine (C=N–C) groups is 1. The molecule has 0 spiro atoms. The highest BCUT2D eigenvalue weighted by atomic mass is 19.2. The van der Waals surface area contributed by atoms with Crippen molar-refractivity contribution in [3.8, 4) is 0 Å². The van der Waals surface area contributed by atoms with Crippen molar-refractivity contribution in [2.75, 3.05) is 0 Å². The van der Waals surface area contributed by atoms with Gasteiger partial charge in [0, 0.05) is 6.07 Å². The molecule has 23 heavy (non-hydrogen) atoms. The predicted molar refractivity (Wildman–Crippen MR) is 73.3 cm³/mol. The van der Waals surface area contributed by atoms with Crippen LogP contribution < -0.4 is 0 Å². The summed E-state index contributed by atoms with van der Waals surface area (Å²) in [6.07, 6.45) is 1.17. The van der Waals surface area contributed by atoms with Gasteiger partial charge in [0.15, 0.2) is 17.3 Å². The summed E-state index contributed by atoms with van der Waals surface area (Å²) in [7, 11) is 0. The second-order valence-electron chi connectivity index (χ2n) is 4.63. The number of esters is 1. The van der Waals surface area contributed by atoms with Gasteiger partial charge in [-0.2, -0.15) is 0 Å². The maximum atomic E-state index is 13.7. The molecule has 1 aliphatic rings. The van der Waals surface area contributed by atoms with Crippen molar-refractivity contribution in [2.24, 2.45) is 4.99 Å². The van der Waals surface area contributed by atoms with E-state index < -0.39 is 29.2 Å². The number of benzene rings is 2. The van der Waals surface area contributed by atoms with Crippen LogP contribution in [0.25, 0.3) is 6.08 Å². The van der Waals surface area contributed by atoms with Crippen molar-refractivity contribution in [1.29, 1.82) is 0 Å². The number of halogens is 4. The van der Waals surface area contributed by atoms with Gasteiger partial charge in [-0.1, -0.05) is 6.07 Å². The molecule has 2 aromatic carbocycles. The third-order valence-electron chi connectivity index (χ3n) is 3.03. The van der Waals surface area contributed by atoms with Gasteiger partial charge in [-0.3, -0.25) is 0 Å². The van der Waals surface area contributed by atoms with E-state index in [1.54, 1.807) is 0 Å². The number of carbonyl (C=O) groups excluding carboxylic acids is 1. The molecule has 0 amide bonds. The molecule has 0 radical (unpaired) electrons. The molecule has 0 atom stereocenters. The number of carbonyl (C=O) groups is 1. The molecule has 0 unspecified atom stereocenters. The zero-order valence-corrected chi connectivity index (χ0v) is 11.3. The summed E-state index contributed by atoms with van der Waals surface area (Å²) in [6, 6.07) is 5.71. The highest BCUT2D eigenvalue weighted by molar-refractivity contribution is 6.12. The minimum absolute atomic E-state index is 0.181. The van der Waals surface area contributed by atoms with Crippen molar-refractivity contribution in [3.05, 3.63) is 76.5 Å². The predicted octanol–water partition coefficient (Wildman–Crippen LogP) is 3.59. The van der Waals surface area contributed by atoms with Crippen LogP contribution in [-0.4, -0.2) is 11.9 Å². The van der Waals surface area contributed by atoms with Crippen LogP contribution in [-0.2, 0) is 9.53 Å². The Morgan fingerprint density at radius 2 is 1.70 bits per heavy atom. The quantitative estimate of drug-likeness (QED) is 0.482. The van der Waals surface area contributed by atoms with Crippen LogP contribution in [0.2, 0.25) is 0 Å². The van der Waals surface area contributed by atoms with E-state index >= 15 is 0 Å². The maximum Gasteiger partial charge on any atom is 0.363 e. The smallest absolute Gasteiger partial charge is 0.363 e. The van der Waals surface area contributed by atoms with E-state index in [4.69, 9.17) is 4.74 Å². The Hall–Kier alpha value is -2.96. The lowest BCUT2D eigenvalue weighted by atomic mass is 10.2. The molecule has 0 fully saturated rings. The van der Waals surface area contributed by atoms with Crippen molar-refractivity contribution in [3.63, 3.8) is 0 Å². The Bertz CT molecular complexity index is 874. The van der Waals surface area contributed by atoms with Gasteiger partial charge in [0.2, 0.25) is 5.90 Å². The van der Waals surface area contributed by atoms with Crippen LogP contribution in [0.3, 0.4) is 0 Å². The van der Waals surface area contributed by atoms with E-state index in [2.05, 4.69) is 4.99 Å². The maximum absolute atomic E-state index is 13.7. The summed E-state index contributed by atoms with van der Waals surface area (Å²) in [6.45, 7) is 0. The highest BCUT2D eigenvalue weighted by Gasteiger charge is 2.26. The van der Waals surface area contributed by atoms with E-state index in [9.17, 15) is 22.4 Å². The molecule has 0 saturated heterocycles. The Morgan fingerprint density at radius 1 is 0.913 bits per heavy atom. The van der Waals surface area contributed by atoms with Crippen LogP contribution in [0.15, 0.2) is 47.1 Å². The summed E-state index contributed by atoms with van der Waals surface area (Å²) >= 11 is 0. The number of hydrogen-bond donors (Lipinski definition) is 0. The van der Waals surface area contributed by atoms with Gasteiger partial charge >= 0.3 is 5.97 Å². The minimum atomic E-state index is -1.08. The summed E-state index contributed by atoms with van der Waals surface area (Å²) < 4.78 is 57.4. The molecule has 116 valence electrons. The van der Waals surface area contributed by atoms with Crippen molar-refractivity contribution >= 4 is 17.9 Å². The Labute approximate surface area is 127 Å². The third kappa shape index (κ3) is 2.98. The summed E-state index contributed by atoms with van der Waals surface area (Å²) in [5, 5.41) is 0. The molecule has 0 aliphatic carbocycles. The first-order valence-corrected chi connectivity index (χ1v) is 6.37. The van der Waals surface area contributed by atoms with E-state index in [1.165, 1.54) is 12.1 Å². The molecule has 0 bridgehead atoms. The van der Waals surface area contributed by atoms with E-state index in [1.807, 2.05) is 0 Å². The van der Waals surface area contributed by atoms with Gasteiger partial charge < -0.3 is 4.74 Å². The summed E-state index contributed by atoms with van der Waals surface area (Å²) in [5.41, 5.74) is -0.219. The molecular weight excluding hydrogens is 314 g/mol. The molecule has 0 N–H and O–H groups in total. The highest BCUT2D eigenvalue weighted by Crippen LogP contribution is 2.21. The number of ether oxygens (including phenoxy) is 1. The van der Waals surface area contributed by atoms with Gasteiger partial charge in [-0.15, -0.1) is 0 Å². The van der Waals surface area contributed by atoms with Gasteiger partial charge in [0.1, 0.15) is 11.6 Å². The van der Waals surface area contributed by atoms with E-state index in [-0.39, 0.29) is 22.7 Å². The van der Waals surface area contributed by atoms with Crippen LogP contribution >= 0.6 is 0 Å². The van der Waals surface area contributed by atoms with Gasteiger partial charge in [-0.05, 0) is 35.9 Å². The standard InChI is InChI=1S/C16H7F4NO2/c17-9-2-3-10(12(19)7-9)15-21-14(16(22)23-15)6-8-1-4-11(18)13(20)5-8/h1-7H/b14-6-. The Morgan fingerprint density at radius 3 is 2.39 bits per heavy atom. The fourth-order valence-electron chi connectivity index (χ4n) is 1.95. The molecule has 0 saturated carbocycles. The molecule has 3 nitrogen and oxygen atoms in total. The lowest BCUT2D eigenvalue weighted by molar-refractivity contribution is -0.129. The molecule has 0 aromatic heterocycles. The number of cyclic esters (lactones) is 1. The zero-order valence-electron chi connectivity index (χ0n) is 11.3. The third-order valence-corrected chi connectivity index (χ3v) is 3.03. The van der Waals surface area contributed by atoms with Crippen LogP contribution in [0.1, 0.15) is 11.1 Å². The SMILES string of the molecule is O=C1OC(c2ccc(F)cc2F)=N/C1=C\c1ccc(F)c(F)c1. The Kier molecular flexibility index (Phi) is 3.69. The first-order chi connectivity index (χ1) is 10.9. The fourth-order valence-corrected chi connectivity index (χ4v) is 1.95. The van der Waals surface area contributed by atoms with Crippen molar-refractivity contribution in [2.45, 2.75) is 0 Å². The molecule has 3 rings (SSSR count). The second-order valence-corrected chi connectivity index (χ2v) is 4.63. The van der Waals surface area contributed by atoms with Gasteiger partial charge in [0.25, 0.3) is 0 Å². The van der Waals surface area contributed by atoms with Gasteiger partial charge in [0.05, 0.1) is 5.56 Å². The number of hydrogen-bond acceptors (Lipinski definition) is 3. The normalized spacial score (nSPS) is 15.7. The number of nitrogens with zero attached hydrogens (tertiary/aromatic N) is 1. The van der Waals surface area contributed by atoms with Crippen LogP contribution in [0, 0.1) is 23.3 Å². The molecule has 2 aromatic rings. The Balaban J connectivity index is 1.97. The van der Waals surface area contributed by atoms with Crippen molar-refractivity contribution in [1.82, 2.24) is 0 Å².